The van der Waals surface area contributed by atoms with Crippen LogP contribution in [0.3, 0.4) is 0 Å². The van der Waals surface area contributed by atoms with Crippen molar-refractivity contribution in [1.82, 2.24) is 0 Å². The highest BCUT2D eigenvalue weighted by molar-refractivity contribution is 8.15. The minimum absolute atomic E-state index is 0.236. The summed E-state index contributed by atoms with van der Waals surface area (Å²) in [5.41, 5.74) is 0. The van der Waals surface area contributed by atoms with Crippen LogP contribution in [-0.4, -0.2) is 19.8 Å². The van der Waals surface area contributed by atoms with Crippen molar-refractivity contribution in [3.05, 3.63) is 0 Å². The van der Waals surface area contributed by atoms with Gasteiger partial charge in [-0.15, -0.1) is 11.8 Å². The molecule has 1 aliphatic carbocycles. The molecule has 10 heavy (non-hydrogen) atoms. The molecule has 1 aliphatic heterocycles. The molecule has 0 bridgehead atoms. The Hall–Kier alpha value is 0.500. The van der Waals surface area contributed by atoms with E-state index in [1.807, 2.05) is 11.8 Å². The van der Waals surface area contributed by atoms with Gasteiger partial charge in [0.05, 0.1) is 4.08 Å². The number of thioether (sulfide) groups is 1. The predicted molar refractivity (Wildman–Crippen MR) is 46.7 cm³/mol. The lowest BCUT2D eigenvalue weighted by Crippen LogP contribution is -2.21. The van der Waals surface area contributed by atoms with Crippen LogP contribution in [0, 0.1) is 0 Å². The normalized spacial score (nSPS) is 37.4. The molecule has 2 rings (SSSR count). The first-order valence-corrected chi connectivity index (χ1v) is 6.16. The molecule has 1 atom stereocenters. The third kappa shape index (κ3) is 0.944. The first kappa shape index (κ1) is 7.17. The average molecular weight is 176 g/mol. The average Bonchev–Trinajstić information content (AvgIpc) is 2.48. The molecular weight excluding hydrogens is 164 g/mol. The van der Waals surface area contributed by atoms with Crippen LogP contribution in [0.25, 0.3) is 0 Å². The third-order valence-corrected chi connectivity index (χ3v) is 6.74. The van der Waals surface area contributed by atoms with E-state index in [0.29, 0.717) is 0 Å². The van der Waals surface area contributed by atoms with Gasteiger partial charge in [-0.1, -0.05) is 12.8 Å². The van der Waals surface area contributed by atoms with Gasteiger partial charge in [0.25, 0.3) is 0 Å². The van der Waals surface area contributed by atoms with Crippen LogP contribution >= 0.6 is 11.8 Å². The summed E-state index contributed by atoms with van der Waals surface area (Å²) < 4.78 is 11.7. The highest BCUT2D eigenvalue weighted by Crippen LogP contribution is 2.47. The molecule has 1 unspecified atom stereocenters. The van der Waals surface area contributed by atoms with Gasteiger partial charge in [-0.25, -0.2) is 0 Å². The van der Waals surface area contributed by atoms with E-state index in [1.54, 1.807) is 0 Å². The molecule has 0 aromatic carbocycles. The van der Waals surface area contributed by atoms with Gasteiger partial charge in [-0.3, -0.25) is 4.21 Å². The molecule has 1 saturated carbocycles. The lowest BCUT2D eigenvalue weighted by molar-refractivity contribution is 0.665. The van der Waals surface area contributed by atoms with Crippen molar-refractivity contribution in [2.45, 2.75) is 29.8 Å². The second-order valence-electron chi connectivity index (χ2n) is 3.02. The quantitative estimate of drug-likeness (QED) is 0.559. The second kappa shape index (κ2) is 2.52. The van der Waals surface area contributed by atoms with E-state index in [0.717, 1.165) is 11.5 Å². The Kier molecular flexibility index (Phi) is 1.81. The van der Waals surface area contributed by atoms with Crippen molar-refractivity contribution in [1.29, 1.82) is 0 Å². The van der Waals surface area contributed by atoms with E-state index in [4.69, 9.17) is 0 Å². The highest BCUT2D eigenvalue weighted by Gasteiger charge is 2.43. The van der Waals surface area contributed by atoms with Gasteiger partial charge in [0.2, 0.25) is 0 Å². The molecule has 1 spiro atoms. The first-order valence-electron chi connectivity index (χ1n) is 3.86. The van der Waals surface area contributed by atoms with E-state index in [1.165, 1.54) is 25.7 Å². The van der Waals surface area contributed by atoms with E-state index in [9.17, 15) is 4.21 Å². The maximum atomic E-state index is 11.5. The Morgan fingerprint density at radius 1 is 1.30 bits per heavy atom. The monoisotopic (exact) mass is 176 g/mol. The van der Waals surface area contributed by atoms with Crippen molar-refractivity contribution < 1.29 is 4.21 Å². The van der Waals surface area contributed by atoms with E-state index in [-0.39, 0.29) is 4.08 Å². The lowest BCUT2D eigenvalue weighted by Gasteiger charge is -2.18. The Morgan fingerprint density at radius 2 is 2.00 bits per heavy atom. The van der Waals surface area contributed by atoms with Crippen LogP contribution in [0.15, 0.2) is 0 Å². The van der Waals surface area contributed by atoms with Gasteiger partial charge in [-0.05, 0) is 12.8 Å². The second-order valence-corrected chi connectivity index (χ2v) is 6.63. The molecule has 0 N–H and O–H groups in total. The molecule has 58 valence electrons. The van der Waals surface area contributed by atoms with E-state index >= 15 is 0 Å². The summed E-state index contributed by atoms with van der Waals surface area (Å²) >= 11 is 1.96. The van der Waals surface area contributed by atoms with Gasteiger partial charge in [0.15, 0.2) is 0 Å². The molecule has 0 radical (unpaired) electrons. The van der Waals surface area contributed by atoms with Gasteiger partial charge >= 0.3 is 0 Å². The molecule has 1 nitrogen and oxygen atoms in total. The van der Waals surface area contributed by atoms with Crippen molar-refractivity contribution in [3.8, 4) is 0 Å². The van der Waals surface area contributed by atoms with Crippen LogP contribution < -0.4 is 0 Å². The largest absolute Gasteiger partial charge is 0.258 e. The zero-order valence-electron chi connectivity index (χ0n) is 5.97. The summed E-state index contributed by atoms with van der Waals surface area (Å²) in [7, 11) is -0.494. The maximum Gasteiger partial charge on any atom is 0.0909 e. The molecule has 3 heteroatoms. The van der Waals surface area contributed by atoms with E-state index < -0.39 is 10.8 Å². The minimum atomic E-state index is -0.494. The zero-order valence-corrected chi connectivity index (χ0v) is 7.60. The van der Waals surface area contributed by atoms with Crippen molar-refractivity contribution in [3.63, 3.8) is 0 Å². The van der Waals surface area contributed by atoms with Crippen LogP contribution in [0.4, 0.5) is 0 Å². The fourth-order valence-corrected chi connectivity index (χ4v) is 5.87. The Labute approximate surface area is 68.4 Å². The molecule has 2 fully saturated rings. The van der Waals surface area contributed by atoms with Crippen molar-refractivity contribution >= 4 is 22.6 Å². The summed E-state index contributed by atoms with van der Waals surface area (Å²) in [6.07, 6.45) is 5.03. The first-order chi connectivity index (χ1) is 4.83. The van der Waals surface area contributed by atoms with Crippen molar-refractivity contribution in [2.24, 2.45) is 0 Å². The number of hydrogen-bond donors (Lipinski definition) is 0. The standard InChI is InChI=1S/C7H12OS2/c8-10-6-5-9-7(10)3-1-2-4-7/h1-6H2. The van der Waals surface area contributed by atoms with Crippen molar-refractivity contribution in [2.75, 3.05) is 11.5 Å². The number of hydrogen-bond acceptors (Lipinski definition) is 2. The fourth-order valence-electron chi connectivity index (χ4n) is 1.84. The third-order valence-electron chi connectivity index (χ3n) is 2.41. The van der Waals surface area contributed by atoms with E-state index in [2.05, 4.69) is 0 Å². The van der Waals surface area contributed by atoms with Crippen LogP contribution in [0.5, 0.6) is 0 Å². The van der Waals surface area contributed by atoms with Crippen LogP contribution in [0.1, 0.15) is 25.7 Å². The van der Waals surface area contributed by atoms with Gasteiger partial charge in [-0.2, -0.15) is 0 Å². The molecule has 1 saturated heterocycles. The fraction of sp³-hybridized carbons (Fsp3) is 1.00. The lowest BCUT2D eigenvalue weighted by atomic mass is 10.4. The Bertz CT molecular complexity index is 155. The molecular formula is C7H12OS2. The van der Waals surface area contributed by atoms with Crippen LogP contribution in [0.2, 0.25) is 0 Å². The summed E-state index contributed by atoms with van der Waals surface area (Å²) in [4.78, 5) is 0. The topological polar surface area (TPSA) is 17.1 Å². The SMILES string of the molecule is O=S1CCSC12CCCC2. The summed E-state index contributed by atoms with van der Waals surface area (Å²) in [6, 6.07) is 0. The molecule has 0 aromatic heterocycles. The Balaban J connectivity index is 2.19. The smallest absolute Gasteiger partial charge is 0.0909 e. The summed E-state index contributed by atoms with van der Waals surface area (Å²) in [5.74, 6) is 2.08. The minimum Gasteiger partial charge on any atom is -0.258 e. The molecule has 0 amide bonds. The number of rotatable bonds is 0. The molecule has 1 heterocycles. The molecule has 2 aliphatic rings. The maximum absolute atomic E-state index is 11.5. The van der Waals surface area contributed by atoms with Gasteiger partial charge in [0.1, 0.15) is 0 Å². The summed E-state index contributed by atoms with van der Waals surface area (Å²) in [6.45, 7) is 0. The zero-order chi connectivity index (χ0) is 7.03. The van der Waals surface area contributed by atoms with Gasteiger partial charge < -0.3 is 0 Å². The van der Waals surface area contributed by atoms with Gasteiger partial charge in [0, 0.05) is 22.3 Å². The Morgan fingerprint density at radius 3 is 2.50 bits per heavy atom. The summed E-state index contributed by atoms with van der Waals surface area (Å²) in [5, 5.41) is 0. The predicted octanol–water partition coefficient (Wildman–Crippen LogP) is 1.75. The highest BCUT2D eigenvalue weighted by atomic mass is 32.2. The van der Waals surface area contributed by atoms with Crippen LogP contribution in [-0.2, 0) is 10.8 Å². The molecule has 0 aromatic rings.